The Morgan fingerprint density at radius 1 is 1.33 bits per heavy atom. The van der Waals surface area contributed by atoms with E-state index in [-0.39, 0.29) is 12.4 Å². The van der Waals surface area contributed by atoms with Gasteiger partial charge in [0.05, 0.1) is 0 Å². The Morgan fingerprint density at radius 2 is 2.10 bits per heavy atom. The zero-order valence-corrected chi connectivity index (χ0v) is 12.5. The summed E-state index contributed by atoms with van der Waals surface area (Å²) in [5.41, 5.74) is 4.40. The molecule has 0 atom stereocenters. The number of furan rings is 1. The molecule has 2 rings (SSSR count). The first-order chi connectivity index (χ1) is 9.99. The fourth-order valence-electron chi connectivity index (χ4n) is 2.00. The van der Waals surface area contributed by atoms with Crippen LogP contribution in [0, 0.1) is 6.92 Å². The Morgan fingerprint density at radius 3 is 2.76 bits per heavy atom. The van der Waals surface area contributed by atoms with Crippen LogP contribution in [0.4, 0.5) is 0 Å². The van der Waals surface area contributed by atoms with Gasteiger partial charge in [-0.1, -0.05) is 19.9 Å². The number of aryl methyl sites for hydroxylation is 1. The molecule has 0 saturated heterocycles. The van der Waals surface area contributed by atoms with Crippen LogP contribution in [-0.2, 0) is 6.61 Å². The molecule has 1 amide bonds. The van der Waals surface area contributed by atoms with E-state index in [2.05, 4.69) is 19.9 Å². The van der Waals surface area contributed by atoms with E-state index in [1.165, 1.54) is 5.56 Å². The molecule has 3 N–H and O–H groups in total. The molecule has 1 heterocycles. The molecular formula is C16H20N2O3. The molecule has 0 saturated carbocycles. The second-order valence-electron chi connectivity index (χ2n) is 5.26. The predicted octanol–water partition coefficient (Wildman–Crippen LogP) is 2.89. The number of carbonyl (C=O) groups excluding carboxylic acids is 1. The normalized spacial score (nSPS) is 10.7. The molecule has 0 spiro atoms. The van der Waals surface area contributed by atoms with Crippen LogP contribution in [0.3, 0.4) is 0 Å². The maximum Gasteiger partial charge on any atom is 0.300 e. The van der Waals surface area contributed by atoms with Crippen molar-refractivity contribution in [3.63, 3.8) is 0 Å². The maximum absolute atomic E-state index is 11.3. The zero-order chi connectivity index (χ0) is 15.4. The second-order valence-corrected chi connectivity index (χ2v) is 5.26. The van der Waals surface area contributed by atoms with Gasteiger partial charge in [0.15, 0.2) is 5.76 Å². The molecule has 0 aliphatic rings. The summed E-state index contributed by atoms with van der Waals surface area (Å²) >= 11 is 0. The third-order valence-electron chi connectivity index (χ3n) is 3.14. The summed E-state index contributed by atoms with van der Waals surface area (Å²) in [6.07, 6.45) is 0. The van der Waals surface area contributed by atoms with Crippen LogP contribution in [0.15, 0.2) is 34.7 Å². The number of nitrogens with one attached hydrogen (secondary N) is 1. The highest BCUT2D eigenvalue weighted by Crippen LogP contribution is 2.23. The first-order valence-corrected chi connectivity index (χ1v) is 6.83. The molecule has 0 unspecified atom stereocenters. The van der Waals surface area contributed by atoms with Crippen molar-refractivity contribution in [2.45, 2.75) is 33.3 Å². The summed E-state index contributed by atoms with van der Waals surface area (Å²) in [4.78, 5) is 11.3. The van der Waals surface area contributed by atoms with Crippen molar-refractivity contribution in [1.82, 2.24) is 5.43 Å². The maximum atomic E-state index is 11.3. The molecule has 112 valence electrons. The molecule has 0 bridgehead atoms. The number of amides is 1. The van der Waals surface area contributed by atoms with Crippen molar-refractivity contribution in [3.8, 4) is 5.75 Å². The number of benzene rings is 1. The number of rotatable bonds is 5. The number of hydrogen-bond acceptors (Lipinski definition) is 4. The molecule has 0 aliphatic carbocycles. The van der Waals surface area contributed by atoms with Crippen molar-refractivity contribution in [2.75, 3.05) is 0 Å². The van der Waals surface area contributed by atoms with Crippen LogP contribution in [0.2, 0.25) is 0 Å². The summed E-state index contributed by atoms with van der Waals surface area (Å²) in [6, 6.07) is 9.41. The van der Waals surface area contributed by atoms with Crippen molar-refractivity contribution < 1.29 is 13.9 Å². The Bertz CT molecular complexity index is 632. The summed E-state index contributed by atoms with van der Waals surface area (Å²) < 4.78 is 11.1. The van der Waals surface area contributed by atoms with Gasteiger partial charge in [0.1, 0.15) is 18.1 Å². The van der Waals surface area contributed by atoms with E-state index in [0.717, 1.165) is 11.3 Å². The molecule has 5 nitrogen and oxygen atoms in total. The van der Waals surface area contributed by atoms with Crippen molar-refractivity contribution >= 4 is 5.91 Å². The van der Waals surface area contributed by atoms with Gasteiger partial charge in [0.25, 0.3) is 0 Å². The van der Waals surface area contributed by atoms with E-state index >= 15 is 0 Å². The summed E-state index contributed by atoms with van der Waals surface area (Å²) in [5.74, 6) is 6.56. The van der Waals surface area contributed by atoms with Gasteiger partial charge in [0, 0.05) is 0 Å². The highest BCUT2D eigenvalue weighted by molar-refractivity contribution is 5.90. The van der Waals surface area contributed by atoms with Crippen LogP contribution in [0.25, 0.3) is 0 Å². The number of nitrogen functional groups attached to an aromatic ring is 1. The molecule has 0 radical (unpaired) electrons. The topological polar surface area (TPSA) is 77.5 Å². The van der Waals surface area contributed by atoms with E-state index < -0.39 is 5.91 Å². The molecule has 1 aromatic heterocycles. The average Bonchev–Trinajstić information content (AvgIpc) is 2.92. The lowest BCUT2D eigenvalue weighted by Crippen LogP contribution is -2.29. The number of carbonyl (C=O) groups is 1. The minimum absolute atomic E-state index is 0.170. The molecule has 0 fully saturated rings. The van der Waals surface area contributed by atoms with Crippen LogP contribution >= 0.6 is 0 Å². The van der Waals surface area contributed by atoms with Gasteiger partial charge in [-0.15, -0.1) is 0 Å². The number of nitrogens with two attached hydrogens (primary N) is 1. The van der Waals surface area contributed by atoms with Gasteiger partial charge in [-0.05, 0) is 48.2 Å². The van der Waals surface area contributed by atoms with E-state index in [1.54, 1.807) is 12.1 Å². The molecule has 21 heavy (non-hydrogen) atoms. The highest BCUT2D eigenvalue weighted by atomic mass is 16.5. The Kier molecular flexibility index (Phi) is 4.65. The quantitative estimate of drug-likeness (QED) is 0.504. The summed E-state index contributed by atoms with van der Waals surface area (Å²) in [5, 5.41) is 0. The number of hydrazine groups is 1. The molecule has 5 heteroatoms. The fraction of sp³-hybridized carbons (Fsp3) is 0.312. The lowest BCUT2D eigenvalue weighted by atomic mass is 10.0. The minimum Gasteiger partial charge on any atom is -0.486 e. The first kappa shape index (κ1) is 15.1. The molecule has 1 aromatic carbocycles. The van der Waals surface area contributed by atoms with E-state index in [9.17, 15) is 4.79 Å². The standard InChI is InChI=1S/C16H20N2O3/c1-10(2)12-6-11(3)7-14(8-12)20-9-13-4-5-15(21-13)16(19)18-17/h4-8,10H,9,17H2,1-3H3,(H,18,19). The monoisotopic (exact) mass is 288 g/mol. The lowest BCUT2D eigenvalue weighted by Gasteiger charge is -2.11. The van der Waals surface area contributed by atoms with Gasteiger partial charge in [-0.25, -0.2) is 5.84 Å². The van der Waals surface area contributed by atoms with Crippen LogP contribution in [0.1, 0.15) is 47.2 Å². The van der Waals surface area contributed by atoms with Gasteiger partial charge < -0.3 is 9.15 Å². The Balaban J connectivity index is 2.06. The molecule has 2 aromatic rings. The molecular weight excluding hydrogens is 268 g/mol. The third kappa shape index (κ3) is 3.86. The SMILES string of the molecule is Cc1cc(OCc2ccc(C(=O)NN)o2)cc(C(C)C)c1. The predicted molar refractivity (Wildman–Crippen MR) is 80.0 cm³/mol. The van der Waals surface area contributed by atoms with E-state index in [1.807, 2.05) is 24.5 Å². The van der Waals surface area contributed by atoms with Crippen molar-refractivity contribution in [2.24, 2.45) is 5.84 Å². The van der Waals surface area contributed by atoms with Crippen molar-refractivity contribution in [1.29, 1.82) is 0 Å². The molecule has 0 aliphatic heterocycles. The van der Waals surface area contributed by atoms with E-state index in [4.69, 9.17) is 15.0 Å². The van der Waals surface area contributed by atoms with Gasteiger partial charge in [-0.3, -0.25) is 10.2 Å². The van der Waals surface area contributed by atoms with Gasteiger partial charge in [-0.2, -0.15) is 0 Å². The van der Waals surface area contributed by atoms with Gasteiger partial charge in [0.2, 0.25) is 0 Å². The summed E-state index contributed by atoms with van der Waals surface area (Å²) in [7, 11) is 0. The Hall–Kier alpha value is -2.27. The Labute approximate surface area is 124 Å². The minimum atomic E-state index is -0.459. The fourth-order valence-corrected chi connectivity index (χ4v) is 2.00. The zero-order valence-electron chi connectivity index (χ0n) is 12.5. The van der Waals surface area contributed by atoms with Crippen LogP contribution in [-0.4, -0.2) is 5.91 Å². The van der Waals surface area contributed by atoms with Crippen molar-refractivity contribution in [3.05, 3.63) is 53.0 Å². The highest BCUT2D eigenvalue weighted by Gasteiger charge is 2.10. The van der Waals surface area contributed by atoms with Crippen LogP contribution < -0.4 is 16.0 Å². The second kappa shape index (κ2) is 6.45. The third-order valence-corrected chi connectivity index (χ3v) is 3.14. The van der Waals surface area contributed by atoms with Gasteiger partial charge >= 0.3 is 5.91 Å². The number of hydrogen-bond donors (Lipinski definition) is 2. The first-order valence-electron chi connectivity index (χ1n) is 6.83. The summed E-state index contributed by atoms with van der Waals surface area (Å²) in [6.45, 7) is 6.58. The van der Waals surface area contributed by atoms with E-state index in [0.29, 0.717) is 11.7 Å². The average molecular weight is 288 g/mol. The number of ether oxygens (including phenoxy) is 1. The smallest absolute Gasteiger partial charge is 0.300 e. The lowest BCUT2D eigenvalue weighted by molar-refractivity contribution is 0.0922. The largest absolute Gasteiger partial charge is 0.486 e. The van der Waals surface area contributed by atoms with Crippen LogP contribution in [0.5, 0.6) is 5.75 Å².